The SMILES string of the molecule is CCc1ccccc1NC(=S)NCC(=O)Nc1ccc(Br)cc1C. The van der Waals surface area contributed by atoms with Crippen LogP contribution in [0.1, 0.15) is 18.1 Å². The van der Waals surface area contributed by atoms with Crippen LogP contribution < -0.4 is 16.0 Å². The molecule has 0 heterocycles. The van der Waals surface area contributed by atoms with E-state index in [1.54, 1.807) is 0 Å². The molecule has 0 radical (unpaired) electrons. The summed E-state index contributed by atoms with van der Waals surface area (Å²) in [7, 11) is 0. The van der Waals surface area contributed by atoms with Gasteiger partial charge in [-0.25, -0.2) is 0 Å². The highest BCUT2D eigenvalue weighted by molar-refractivity contribution is 9.10. The van der Waals surface area contributed by atoms with Crippen LogP contribution in [0.3, 0.4) is 0 Å². The Labute approximate surface area is 156 Å². The average Bonchev–Trinajstić information content (AvgIpc) is 2.56. The van der Waals surface area contributed by atoms with Crippen LogP contribution in [-0.4, -0.2) is 17.6 Å². The average molecular weight is 406 g/mol. The number of hydrogen-bond acceptors (Lipinski definition) is 2. The summed E-state index contributed by atoms with van der Waals surface area (Å²) < 4.78 is 0.982. The first kappa shape index (κ1) is 18.4. The lowest BCUT2D eigenvalue weighted by Crippen LogP contribution is -2.35. The number of aryl methyl sites for hydroxylation is 2. The molecule has 2 aromatic carbocycles. The maximum Gasteiger partial charge on any atom is 0.243 e. The zero-order valence-corrected chi connectivity index (χ0v) is 16.1. The van der Waals surface area contributed by atoms with Crippen molar-refractivity contribution in [1.29, 1.82) is 0 Å². The van der Waals surface area contributed by atoms with E-state index in [0.717, 1.165) is 27.8 Å². The third-order valence-electron chi connectivity index (χ3n) is 3.52. The van der Waals surface area contributed by atoms with Crippen molar-refractivity contribution in [3.8, 4) is 0 Å². The number of rotatable bonds is 5. The Morgan fingerprint density at radius 1 is 1.12 bits per heavy atom. The molecule has 1 amide bonds. The summed E-state index contributed by atoms with van der Waals surface area (Å²) in [4.78, 5) is 12.1. The Hall–Kier alpha value is -1.92. The van der Waals surface area contributed by atoms with E-state index in [9.17, 15) is 4.79 Å². The number of carbonyl (C=O) groups is 1. The quantitative estimate of drug-likeness (QED) is 0.650. The number of thiocarbonyl (C=S) groups is 1. The van der Waals surface area contributed by atoms with Crippen LogP contribution in [-0.2, 0) is 11.2 Å². The van der Waals surface area contributed by atoms with Crippen LogP contribution in [0.15, 0.2) is 46.9 Å². The van der Waals surface area contributed by atoms with Crippen molar-refractivity contribution in [3.63, 3.8) is 0 Å². The van der Waals surface area contributed by atoms with Gasteiger partial charge in [0.15, 0.2) is 5.11 Å². The molecule has 2 aromatic rings. The van der Waals surface area contributed by atoms with Crippen LogP contribution in [0.4, 0.5) is 11.4 Å². The molecule has 0 aromatic heterocycles. The Balaban J connectivity index is 1.86. The summed E-state index contributed by atoms with van der Waals surface area (Å²) in [6, 6.07) is 13.7. The lowest BCUT2D eigenvalue weighted by molar-refractivity contribution is -0.115. The molecule has 0 aliphatic heterocycles. The fourth-order valence-electron chi connectivity index (χ4n) is 2.24. The zero-order chi connectivity index (χ0) is 17.5. The summed E-state index contributed by atoms with van der Waals surface area (Å²) in [6.07, 6.45) is 0.912. The molecule has 126 valence electrons. The molecule has 0 unspecified atom stereocenters. The van der Waals surface area contributed by atoms with E-state index in [4.69, 9.17) is 12.2 Å². The zero-order valence-electron chi connectivity index (χ0n) is 13.7. The molecule has 0 fully saturated rings. The van der Waals surface area contributed by atoms with Crippen LogP contribution in [0.2, 0.25) is 0 Å². The minimum atomic E-state index is -0.145. The van der Waals surface area contributed by atoms with Crippen molar-refractivity contribution in [2.24, 2.45) is 0 Å². The molecule has 0 atom stereocenters. The van der Waals surface area contributed by atoms with Crippen LogP contribution in [0.25, 0.3) is 0 Å². The largest absolute Gasteiger partial charge is 0.353 e. The van der Waals surface area contributed by atoms with Gasteiger partial charge in [-0.2, -0.15) is 0 Å². The van der Waals surface area contributed by atoms with Gasteiger partial charge in [-0.05, 0) is 61.0 Å². The van der Waals surface area contributed by atoms with Crippen LogP contribution in [0, 0.1) is 6.92 Å². The third kappa shape index (κ3) is 5.32. The van der Waals surface area contributed by atoms with Gasteiger partial charge in [0.2, 0.25) is 5.91 Å². The lowest BCUT2D eigenvalue weighted by atomic mass is 10.1. The molecule has 0 saturated carbocycles. The molecule has 0 saturated heterocycles. The highest BCUT2D eigenvalue weighted by Crippen LogP contribution is 2.19. The van der Waals surface area contributed by atoms with E-state index in [-0.39, 0.29) is 12.5 Å². The fraction of sp³-hybridized carbons (Fsp3) is 0.222. The van der Waals surface area contributed by atoms with Crippen molar-refractivity contribution in [3.05, 3.63) is 58.1 Å². The second kappa shape index (κ2) is 8.80. The molecule has 0 bridgehead atoms. The Morgan fingerprint density at radius 2 is 1.88 bits per heavy atom. The minimum absolute atomic E-state index is 0.107. The molecule has 2 rings (SSSR count). The van der Waals surface area contributed by atoms with Gasteiger partial charge in [0, 0.05) is 15.8 Å². The first-order valence-corrected chi connectivity index (χ1v) is 8.88. The lowest BCUT2D eigenvalue weighted by Gasteiger charge is -2.14. The second-order valence-electron chi connectivity index (χ2n) is 5.33. The van der Waals surface area contributed by atoms with Gasteiger partial charge in [0.25, 0.3) is 0 Å². The van der Waals surface area contributed by atoms with E-state index in [2.05, 4.69) is 38.8 Å². The van der Waals surface area contributed by atoms with Gasteiger partial charge < -0.3 is 16.0 Å². The predicted octanol–water partition coefficient (Wildman–Crippen LogP) is 4.25. The van der Waals surface area contributed by atoms with Crippen LogP contribution >= 0.6 is 28.1 Å². The van der Waals surface area contributed by atoms with Gasteiger partial charge in [0.1, 0.15) is 0 Å². The number of benzene rings is 2. The molecule has 0 aliphatic carbocycles. The number of para-hydroxylation sites is 1. The van der Waals surface area contributed by atoms with Crippen molar-refractivity contribution in [1.82, 2.24) is 5.32 Å². The second-order valence-corrected chi connectivity index (χ2v) is 6.65. The van der Waals surface area contributed by atoms with Gasteiger partial charge in [0.05, 0.1) is 6.54 Å². The fourth-order valence-corrected chi connectivity index (χ4v) is 2.90. The van der Waals surface area contributed by atoms with Gasteiger partial charge >= 0.3 is 0 Å². The van der Waals surface area contributed by atoms with Gasteiger partial charge in [-0.1, -0.05) is 41.1 Å². The minimum Gasteiger partial charge on any atom is -0.353 e. The summed E-state index contributed by atoms with van der Waals surface area (Å²) in [5, 5.41) is 9.36. The molecule has 0 spiro atoms. The van der Waals surface area contributed by atoms with E-state index >= 15 is 0 Å². The molecule has 4 nitrogen and oxygen atoms in total. The topological polar surface area (TPSA) is 53.2 Å². The van der Waals surface area contributed by atoms with Crippen molar-refractivity contribution >= 4 is 50.5 Å². The summed E-state index contributed by atoms with van der Waals surface area (Å²) in [5.41, 5.74) is 3.92. The Bertz CT molecular complexity index is 749. The van der Waals surface area contributed by atoms with Crippen molar-refractivity contribution in [2.75, 3.05) is 17.2 Å². The summed E-state index contributed by atoms with van der Waals surface area (Å²) >= 11 is 8.67. The smallest absolute Gasteiger partial charge is 0.243 e. The van der Waals surface area contributed by atoms with E-state index in [1.807, 2.05) is 49.4 Å². The normalized spacial score (nSPS) is 10.1. The highest BCUT2D eigenvalue weighted by atomic mass is 79.9. The predicted molar refractivity (Wildman–Crippen MR) is 108 cm³/mol. The number of anilines is 2. The standard InChI is InChI=1S/C18H20BrN3OS/c1-3-13-6-4-5-7-16(13)22-18(24)20-11-17(23)21-15-9-8-14(19)10-12(15)2/h4-10H,3,11H2,1-2H3,(H,21,23)(H2,20,22,24). The summed E-state index contributed by atoms with van der Waals surface area (Å²) in [5.74, 6) is -0.145. The number of amides is 1. The Kier molecular flexibility index (Phi) is 6.75. The monoisotopic (exact) mass is 405 g/mol. The molecule has 6 heteroatoms. The first-order valence-electron chi connectivity index (χ1n) is 7.68. The number of halogens is 1. The number of carbonyl (C=O) groups excluding carboxylic acids is 1. The van der Waals surface area contributed by atoms with Gasteiger partial charge in [-0.15, -0.1) is 0 Å². The molecule has 0 aliphatic rings. The van der Waals surface area contributed by atoms with Crippen molar-refractivity contribution < 1.29 is 4.79 Å². The molecule has 3 N–H and O–H groups in total. The molecular weight excluding hydrogens is 386 g/mol. The van der Waals surface area contributed by atoms with Crippen LogP contribution in [0.5, 0.6) is 0 Å². The van der Waals surface area contributed by atoms with E-state index in [0.29, 0.717) is 5.11 Å². The van der Waals surface area contributed by atoms with E-state index < -0.39 is 0 Å². The summed E-state index contributed by atoms with van der Waals surface area (Å²) in [6.45, 7) is 4.14. The number of hydrogen-bond donors (Lipinski definition) is 3. The Morgan fingerprint density at radius 3 is 2.58 bits per heavy atom. The molecular formula is C18H20BrN3OS. The molecule has 24 heavy (non-hydrogen) atoms. The maximum atomic E-state index is 12.1. The van der Waals surface area contributed by atoms with Crippen molar-refractivity contribution in [2.45, 2.75) is 20.3 Å². The van der Waals surface area contributed by atoms with E-state index in [1.165, 1.54) is 5.56 Å². The van der Waals surface area contributed by atoms with Gasteiger partial charge in [-0.3, -0.25) is 4.79 Å². The number of nitrogens with one attached hydrogen (secondary N) is 3. The first-order chi connectivity index (χ1) is 11.5. The third-order valence-corrected chi connectivity index (χ3v) is 4.26. The maximum absolute atomic E-state index is 12.1. The highest BCUT2D eigenvalue weighted by Gasteiger charge is 2.07.